The molecule has 12 nitrogen and oxygen atoms in total. The Labute approximate surface area is 228 Å². The molecule has 0 spiro atoms. The van der Waals surface area contributed by atoms with E-state index in [9.17, 15) is 27.6 Å². The molecule has 1 fully saturated rings. The molecule has 0 aromatic heterocycles. The van der Waals surface area contributed by atoms with Crippen molar-refractivity contribution in [3.8, 4) is 0 Å². The van der Waals surface area contributed by atoms with E-state index in [-0.39, 0.29) is 30.4 Å². The van der Waals surface area contributed by atoms with Crippen molar-refractivity contribution in [1.82, 2.24) is 9.62 Å². The summed E-state index contributed by atoms with van der Waals surface area (Å²) in [4.78, 5) is 32.3. The van der Waals surface area contributed by atoms with E-state index in [4.69, 9.17) is 19.7 Å². The second kappa shape index (κ2) is 13.7. The highest BCUT2D eigenvalue weighted by Gasteiger charge is 2.37. The summed E-state index contributed by atoms with van der Waals surface area (Å²) >= 11 is 0. The summed E-state index contributed by atoms with van der Waals surface area (Å²) in [7, 11) is -9.26. The molecule has 5 N–H and O–H groups in total. The smallest absolute Gasteiger partial charge is 0.444 e. The molecule has 1 amide bonds. The lowest BCUT2D eigenvalue weighted by Gasteiger charge is -2.33. The standard InChI is InChI=1S/C25H36N3O9PS/c1-18(2)15-28(39(33,34)22-10-8-20(26)9-11-22)16-24(37-38(30,31)32)23(14-19-6-4-3-5-7-19)27-25(29)36-21-12-13-35-17-21/h3-11,18,21,23-24H,12-17,26H2,1-2H3,(H,27,29)(H2,30,31,32)/t21-,23-,24?/m0/s1. The normalized spacial score (nSPS) is 17.7. The molecular weight excluding hydrogens is 549 g/mol. The molecule has 0 aliphatic carbocycles. The van der Waals surface area contributed by atoms with Crippen molar-refractivity contribution in [3.63, 3.8) is 0 Å². The van der Waals surface area contributed by atoms with Crippen LogP contribution in [-0.2, 0) is 35.0 Å². The fourth-order valence-corrected chi connectivity index (χ4v) is 6.35. The molecule has 1 unspecified atom stereocenters. The highest BCUT2D eigenvalue weighted by atomic mass is 32.2. The van der Waals surface area contributed by atoms with Gasteiger partial charge in [0, 0.05) is 25.2 Å². The number of sulfonamides is 1. The third-order valence-corrected chi connectivity index (χ3v) is 8.35. The molecular formula is C25H36N3O9PS. The van der Waals surface area contributed by atoms with Crippen LogP contribution in [0.5, 0.6) is 0 Å². The first-order valence-corrected chi connectivity index (χ1v) is 15.5. The van der Waals surface area contributed by atoms with Crippen molar-refractivity contribution in [2.75, 3.05) is 32.0 Å². The average molecular weight is 586 g/mol. The predicted molar refractivity (Wildman–Crippen MR) is 144 cm³/mol. The lowest BCUT2D eigenvalue weighted by atomic mass is 10.0. The lowest BCUT2D eigenvalue weighted by Crippen LogP contribution is -2.52. The summed E-state index contributed by atoms with van der Waals surface area (Å²) in [6.07, 6.45) is -2.14. The van der Waals surface area contributed by atoms with Crippen LogP contribution in [0.3, 0.4) is 0 Å². The zero-order valence-electron chi connectivity index (χ0n) is 21.9. The number of ether oxygens (including phenoxy) is 2. The van der Waals surface area contributed by atoms with E-state index < -0.39 is 48.7 Å². The molecule has 0 saturated carbocycles. The number of phosphoric ester groups is 1. The zero-order chi connectivity index (χ0) is 28.6. The van der Waals surface area contributed by atoms with E-state index in [1.807, 2.05) is 13.8 Å². The van der Waals surface area contributed by atoms with Crippen molar-refractivity contribution >= 4 is 29.6 Å². The molecule has 1 saturated heterocycles. The first kappa shape index (κ1) is 31.0. The van der Waals surface area contributed by atoms with Crippen LogP contribution in [0.15, 0.2) is 59.5 Å². The zero-order valence-corrected chi connectivity index (χ0v) is 23.6. The SMILES string of the molecule is CC(C)CN(CC(OP(=O)(O)O)[C@H](Cc1ccccc1)NC(=O)O[C@H]1CCOC1)S(=O)(=O)c1ccc(N)cc1. The van der Waals surface area contributed by atoms with Gasteiger partial charge in [-0.2, -0.15) is 4.31 Å². The molecule has 2 aromatic rings. The summed E-state index contributed by atoms with van der Waals surface area (Å²) < 4.78 is 56.2. The molecule has 0 radical (unpaired) electrons. The summed E-state index contributed by atoms with van der Waals surface area (Å²) in [6, 6.07) is 13.5. The lowest BCUT2D eigenvalue weighted by molar-refractivity contribution is 0.0601. The third kappa shape index (κ3) is 9.87. The first-order chi connectivity index (χ1) is 18.3. The third-order valence-electron chi connectivity index (χ3n) is 5.96. The van der Waals surface area contributed by atoms with Gasteiger partial charge in [0.2, 0.25) is 10.0 Å². The number of nitrogens with zero attached hydrogens (tertiary/aromatic N) is 1. The van der Waals surface area contributed by atoms with Crippen molar-refractivity contribution in [2.45, 2.75) is 49.8 Å². The molecule has 39 heavy (non-hydrogen) atoms. The number of nitrogen functional groups attached to an aromatic ring is 1. The second-order valence-electron chi connectivity index (χ2n) is 9.75. The highest BCUT2D eigenvalue weighted by Crippen LogP contribution is 2.39. The number of carbonyl (C=O) groups excluding carboxylic acids is 1. The Morgan fingerprint density at radius 1 is 1.15 bits per heavy atom. The van der Waals surface area contributed by atoms with Crippen LogP contribution < -0.4 is 11.1 Å². The Hall–Kier alpha value is -2.51. The second-order valence-corrected chi connectivity index (χ2v) is 12.9. The van der Waals surface area contributed by atoms with Crippen LogP contribution in [-0.4, -0.2) is 73.2 Å². The average Bonchev–Trinajstić information content (AvgIpc) is 3.35. The Balaban J connectivity index is 1.96. The largest absolute Gasteiger partial charge is 0.469 e. The number of nitrogens with one attached hydrogen (secondary N) is 1. The van der Waals surface area contributed by atoms with Crippen LogP contribution in [0, 0.1) is 5.92 Å². The van der Waals surface area contributed by atoms with Crippen molar-refractivity contribution < 1.29 is 41.6 Å². The van der Waals surface area contributed by atoms with Gasteiger partial charge >= 0.3 is 13.9 Å². The Morgan fingerprint density at radius 2 is 1.82 bits per heavy atom. The number of nitrogens with two attached hydrogens (primary N) is 1. The van der Waals surface area contributed by atoms with Gasteiger partial charge in [-0.05, 0) is 42.2 Å². The predicted octanol–water partition coefficient (Wildman–Crippen LogP) is 2.52. The fraction of sp³-hybridized carbons (Fsp3) is 0.480. The number of anilines is 1. The van der Waals surface area contributed by atoms with E-state index in [0.29, 0.717) is 18.7 Å². The molecule has 0 bridgehead atoms. The van der Waals surface area contributed by atoms with Crippen molar-refractivity contribution in [1.29, 1.82) is 0 Å². The quantitative estimate of drug-likeness (QED) is 0.202. The Bertz CT molecular complexity index is 1220. The van der Waals surface area contributed by atoms with Gasteiger partial charge in [-0.25, -0.2) is 17.8 Å². The molecule has 1 aliphatic rings. The van der Waals surface area contributed by atoms with E-state index in [1.54, 1.807) is 30.3 Å². The van der Waals surface area contributed by atoms with Gasteiger partial charge < -0.3 is 30.3 Å². The summed E-state index contributed by atoms with van der Waals surface area (Å²) in [6.45, 7) is 3.87. The minimum absolute atomic E-state index is 0.0235. The Kier molecular flexibility index (Phi) is 10.9. The van der Waals surface area contributed by atoms with Gasteiger partial charge in [-0.15, -0.1) is 0 Å². The number of amides is 1. The summed E-state index contributed by atoms with van der Waals surface area (Å²) in [5.41, 5.74) is 6.82. The molecule has 1 aliphatic heterocycles. The number of rotatable bonds is 13. The van der Waals surface area contributed by atoms with Crippen LogP contribution in [0.1, 0.15) is 25.8 Å². The molecule has 1 heterocycles. The summed E-state index contributed by atoms with van der Waals surface area (Å²) in [5, 5.41) is 2.65. The van der Waals surface area contributed by atoms with Crippen LogP contribution in [0.4, 0.5) is 10.5 Å². The number of carbonyl (C=O) groups is 1. The summed E-state index contributed by atoms with van der Waals surface area (Å²) in [5.74, 6) is -0.142. The van der Waals surface area contributed by atoms with Gasteiger partial charge in [0.1, 0.15) is 12.2 Å². The number of hydrogen-bond acceptors (Lipinski definition) is 8. The molecule has 2 aromatic carbocycles. The number of hydrogen-bond donors (Lipinski definition) is 4. The minimum Gasteiger partial charge on any atom is -0.444 e. The highest BCUT2D eigenvalue weighted by molar-refractivity contribution is 7.89. The molecule has 216 valence electrons. The van der Waals surface area contributed by atoms with Gasteiger partial charge in [0.15, 0.2) is 0 Å². The minimum atomic E-state index is -5.12. The van der Waals surface area contributed by atoms with E-state index in [1.165, 1.54) is 24.3 Å². The van der Waals surface area contributed by atoms with E-state index in [0.717, 1.165) is 9.87 Å². The van der Waals surface area contributed by atoms with E-state index in [2.05, 4.69) is 5.32 Å². The van der Waals surface area contributed by atoms with Gasteiger partial charge in [0.25, 0.3) is 0 Å². The number of benzene rings is 2. The molecule has 3 atom stereocenters. The number of phosphoric acid groups is 1. The van der Waals surface area contributed by atoms with Crippen molar-refractivity contribution in [2.24, 2.45) is 5.92 Å². The van der Waals surface area contributed by atoms with Crippen LogP contribution >= 0.6 is 7.82 Å². The maximum absolute atomic E-state index is 13.6. The van der Waals surface area contributed by atoms with Crippen LogP contribution in [0.2, 0.25) is 0 Å². The molecule has 3 rings (SSSR count). The Morgan fingerprint density at radius 3 is 2.38 bits per heavy atom. The van der Waals surface area contributed by atoms with Gasteiger partial charge in [0.05, 0.1) is 24.2 Å². The van der Waals surface area contributed by atoms with Crippen LogP contribution in [0.25, 0.3) is 0 Å². The monoisotopic (exact) mass is 585 g/mol. The van der Waals surface area contributed by atoms with E-state index >= 15 is 0 Å². The molecule has 14 heteroatoms. The van der Waals surface area contributed by atoms with Crippen molar-refractivity contribution in [3.05, 3.63) is 60.2 Å². The first-order valence-electron chi connectivity index (χ1n) is 12.5. The van der Waals surface area contributed by atoms with Gasteiger partial charge in [-0.3, -0.25) is 4.52 Å². The topological polar surface area (TPSA) is 178 Å². The maximum atomic E-state index is 13.6. The maximum Gasteiger partial charge on any atom is 0.469 e. The number of alkyl carbamates (subject to hydrolysis) is 1. The van der Waals surface area contributed by atoms with Gasteiger partial charge in [-0.1, -0.05) is 44.2 Å². The fourth-order valence-electron chi connectivity index (χ4n) is 4.16.